The van der Waals surface area contributed by atoms with Gasteiger partial charge in [0, 0.05) is 24.9 Å². The summed E-state index contributed by atoms with van der Waals surface area (Å²) in [5.41, 5.74) is 3.99. The molecule has 0 radical (unpaired) electrons. The highest BCUT2D eigenvalue weighted by Gasteiger charge is 2.17. The molecular formula is C23H19FN2O2S. The van der Waals surface area contributed by atoms with E-state index in [1.54, 1.807) is 24.1 Å². The Labute approximate surface area is 172 Å². The van der Waals surface area contributed by atoms with Crippen molar-refractivity contribution in [3.05, 3.63) is 95.3 Å². The molecular weight excluding hydrogens is 387 g/mol. The lowest BCUT2D eigenvalue weighted by molar-refractivity contribution is 0.0784. The van der Waals surface area contributed by atoms with Gasteiger partial charge in [-0.25, -0.2) is 9.37 Å². The van der Waals surface area contributed by atoms with E-state index in [0.717, 1.165) is 22.2 Å². The normalized spacial score (nSPS) is 11.0. The van der Waals surface area contributed by atoms with Gasteiger partial charge in [-0.05, 0) is 41.5 Å². The molecule has 6 heteroatoms. The van der Waals surface area contributed by atoms with Gasteiger partial charge in [-0.2, -0.15) is 0 Å². The van der Waals surface area contributed by atoms with E-state index in [0.29, 0.717) is 23.1 Å². The molecule has 0 atom stereocenters. The molecule has 0 saturated carbocycles. The average Bonchev–Trinajstić information content (AvgIpc) is 3.16. The van der Waals surface area contributed by atoms with E-state index >= 15 is 0 Å². The number of thioether (sulfide) groups is 1. The molecule has 0 unspecified atom stereocenters. The highest BCUT2D eigenvalue weighted by atomic mass is 32.2. The number of hydrogen-bond acceptors (Lipinski definition) is 4. The van der Waals surface area contributed by atoms with Gasteiger partial charge in [0.15, 0.2) is 5.58 Å². The number of fused-ring (bicyclic) bond motifs is 1. The summed E-state index contributed by atoms with van der Waals surface area (Å²) in [4.78, 5) is 19.1. The fourth-order valence-electron chi connectivity index (χ4n) is 3.05. The molecule has 0 aliphatic heterocycles. The van der Waals surface area contributed by atoms with E-state index in [-0.39, 0.29) is 11.7 Å². The zero-order valence-corrected chi connectivity index (χ0v) is 16.7. The first kappa shape index (κ1) is 19.2. The lowest BCUT2D eigenvalue weighted by Crippen LogP contribution is -2.27. The Hall–Kier alpha value is -3.12. The summed E-state index contributed by atoms with van der Waals surface area (Å²) in [6.45, 7) is 0.408. The number of hydrogen-bond donors (Lipinski definition) is 0. The van der Waals surface area contributed by atoms with Crippen molar-refractivity contribution in [2.75, 3.05) is 7.05 Å². The minimum Gasteiger partial charge on any atom is -0.431 e. The van der Waals surface area contributed by atoms with Crippen LogP contribution in [0.4, 0.5) is 4.39 Å². The number of oxazole rings is 1. The minimum atomic E-state index is -0.288. The predicted octanol–water partition coefficient (Wildman–Crippen LogP) is 5.53. The Balaban J connectivity index is 1.48. The fourth-order valence-corrected chi connectivity index (χ4v) is 3.89. The van der Waals surface area contributed by atoms with Crippen LogP contribution in [0.1, 0.15) is 21.5 Å². The van der Waals surface area contributed by atoms with Crippen LogP contribution in [0.3, 0.4) is 0 Å². The predicted molar refractivity (Wildman–Crippen MR) is 112 cm³/mol. The van der Waals surface area contributed by atoms with E-state index in [1.807, 2.05) is 48.5 Å². The van der Waals surface area contributed by atoms with Crippen LogP contribution in [0.25, 0.3) is 11.1 Å². The van der Waals surface area contributed by atoms with E-state index in [4.69, 9.17) is 4.42 Å². The molecule has 1 amide bonds. The van der Waals surface area contributed by atoms with Crippen molar-refractivity contribution in [1.29, 1.82) is 0 Å². The maximum atomic E-state index is 13.1. The molecule has 3 aromatic carbocycles. The number of carbonyl (C=O) groups is 1. The molecule has 4 aromatic rings. The molecule has 1 aromatic heterocycles. The molecule has 29 heavy (non-hydrogen) atoms. The van der Waals surface area contributed by atoms with Gasteiger partial charge in [-0.1, -0.05) is 54.2 Å². The molecule has 1 heterocycles. The summed E-state index contributed by atoms with van der Waals surface area (Å²) in [5, 5.41) is 0.577. The maximum Gasteiger partial charge on any atom is 0.257 e. The van der Waals surface area contributed by atoms with Crippen LogP contribution < -0.4 is 0 Å². The van der Waals surface area contributed by atoms with Crippen molar-refractivity contribution in [3.63, 3.8) is 0 Å². The van der Waals surface area contributed by atoms with Gasteiger partial charge in [0.2, 0.25) is 0 Å². The van der Waals surface area contributed by atoms with Gasteiger partial charge in [-0.15, -0.1) is 0 Å². The van der Waals surface area contributed by atoms with E-state index < -0.39 is 0 Å². The molecule has 0 saturated heterocycles. The second-order valence-corrected chi connectivity index (χ2v) is 7.61. The summed E-state index contributed by atoms with van der Waals surface area (Å²) in [7, 11) is 1.75. The van der Waals surface area contributed by atoms with Crippen molar-refractivity contribution in [3.8, 4) is 0 Å². The van der Waals surface area contributed by atoms with Gasteiger partial charge >= 0.3 is 0 Å². The van der Waals surface area contributed by atoms with Crippen LogP contribution in [-0.2, 0) is 12.3 Å². The molecule has 0 aliphatic rings. The average molecular weight is 406 g/mol. The topological polar surface area (TPSA) is 46.3 Å². The Bertz CT molecular complexity index is 1110. The van der Waals surface area contributed by atoms with Crippen LogP contribution in [0, 0.1) is 5.82 Å². The zero-order chi connectivity index (χ0) is 20.2. The standard InChI is InChI=1S/C23H19FN2O2S/c1-26(14-16-10-12-18(24)13-11-16)22(27)19-7-3-2-6-17(19)15-29-23-25-20-8-4-5-9-21(20)28-23/h2-13H,14-15H2,1H3. The first-order chi connectivity index (χ1) is 14.1. The largest absolute Gasteiger partial charge is 0.431 e. The summed E-state index contributed by atoms with van der Waals surface area (Å²) < 4.78 is 18.8. The summed E-state index contributed by atoms with van der Waals surface area (Å²) >= 11 is 1.46. The monoisotopic (exact) mass is 406 g/mol. The van der Waals surface area contributed by atoms with Gasteiger partial charge in [-0.3, -0.25) is 4.79 Å². The summed E-state index contributed by atoms with van der Waals surface area (Å²) in [6.07, 6.45) is 0. The molecule has 0 spiro atoms. The number of halogens is 1. The molecule has 4 nitrogen and oxygen atoms in total. The van der Waals surface area contributed by atoms with Crippen LogP contribution in [0.2, 0.25) is 0 Å². The summed E-state index contributed by atoms with van der Waals surface area (Å²) in [6, 6.07) is 21.3. The zero-order valence-electron chi connectivity index (χ0n) is 15.8. The number of aromatic nitrogens is 1. The number of rotatable bonds is 6. The van der Waals surface area contributed by atoms with Crippen molar-refractivity contribution in [2.45, 2.75) is 17.5 Å². The third-order valence-electron chi connectivity index (χ3n) is 4.55. The third-order valence-corrected chi connectivity index (χ3v) is 5.43. The Morgan fingerprint density at radius 1 is 1.03 bits per heavy atom. The fraction of sp³-hybridized carbons (Fsp3) is 0.130. The van der Waals surface area contributed by atoms with Crippen molar-refractivity contribution < 1.29 is 13.6 Å². The first-order valence-corrected chi connectivity index (χ1v) is 10.1. The third kappa shape index (κ3) is 4.49. The lowest BCUT2D eigenvalue weighted by atomic mass is 10.1. The smallest absolute Gasteiger partial charge is 0.257 e. The maximum absolute atomic E-state index is 13.1. The second-order valence-electron chi connectivity index (χ2n) is 6.68. The van der Waals surface area contributed by atoms with Crippen LogP contribution in [0.15, 0.2) is 82.4 Å². The van der Waals surface area contributed by atoms with Crippen LogP contribution in [0.5, 0.6) is 0 Å². The van der Waals surface area contributed by atoms with Crippen molar-refractivity contribution in [1.82, 2.24) is 9.88 Å². The SMILES string of the molecule is CN(Cc1ccc(F)cc1)C(=O)c1ccccc1CSc1nc2ccccc2o1. The van der Waals surface area contributed by atoms with Gasteiger partial charge in [0.05, 0.1) is 0 Å². The molecule has 0 fully saturated rings. The molecule has 0 aliphatic carbocycles. The highest BCUT2D eigenvalue weighted by molar-refractivity contribution is 7.98. The Morgan fingerprint density at radius 3 is 2.55 bits per heavy atom. The number of nitrogens with zero attached hydrogens (tertiary/aromatic N) is 2. The number of para-hydroxylation sites is 2. The Morgan fingerprint density at radius 2 is 1.76 bits per heavy atom. The highest BCUT2D eigenvalue weighted by Crippen LogP contribution is 2.27. The summed E-state index contributed by atoms with van der Waals surface area (Å²) in [5.74, 6) is 0.200. The first-order valence-electron chi connectivity index (χ1n) is 9.16. The van der Waals surface area contributed by atoms with Crippen molar-refractivity contribution in [2.24, 2.45) is 0 Å². The van der Waals surface area contributed by atoms with E-state index in [9.17, 15) is 9.18 Å². The second kappa shape index (κ2) is 8.49. The molecule has 146 valence electrons. The lowest BCUT2D eigenvalue weighted by Gasteiger charge is -2.19. The number of benzene rings is 3. The van der Waals surface area contributed by atoms with Crippen LogP contribution in [-0.4, -0.2) is 22.8 Å². The van der Waals surface area contributed by atoms with Gasteiger partial charge < -0.3 is 9.32 Å². The molecule has 0 N–H and O–H groups in total. The minimum absolute atomic E-state index is 0.0805. The quantitative estimate of drug-likeness (QED) is 0.395. The van der Waals surface area contributed by atoms with Gasteiger partial charge in [0.1, 0.15) is 11.3 Å². The van der Waals surface area contributed by atoms with Crippen molar-refractivity contribution >= 4 is 28.8 Å². The van der Waals surface area contributed by atoms with Crippen LogP contribution >= 0.6 is 11.8 Å². The van der Waals surface area contributed by atoms with Gasteiger partial charge in [0.25, 0.3) is 11.1 Å². The molecule has 0 bridgehead atoms. The number of carbonyl (C=O) groups excluding carboxylic acids is 1. The Kier molecular flexibility index (Phi) is 5.62. The van der Waals surface area contributed by atoms with E-state index in [1.165, 1.54) is 23.9 Å². The number of amides is 1. The van der Waals surface area contributed by atoms with E-state index in [2.05, 4.69) is 4.98 Å². The molecule has 4 rings (SSSR count).